The third-order valence-corrected chi connectivity index (χ3v) is 4.30. The normalized spacial score (nSPS) is 31.5. The van der Waals surface area contributed by atoms with Crippen LogP contribution in [-0.2, 0) is 9.53 Å². The molecule has 17 heavy (non-hydrogen) atoms. The van der Waals surface area contributed by atoms with Gasteiger partial charge in [-0.1, -0.05) is 0 Å². The molecule has 3 fully saturated rings. The van der Waals surface area contributed by atoms with E-state index in [1.807, 2.05) is 0 Å². The molecule has 0 radical (unpaired) electrons. The van der Waals surface area contributed by atoms with E-state index in [1.165, 1.54) is 12.8 Å². The van der Waals surface area contributed by atoms with Crippen molar-refractivity contribution in [1.82, 2.24) is 10.2 Å². The quantitative estimate of drug-likeness (QED) is 0.767. The van der Waals surface area contributed by atoms with Crippen molar-refractivity contribution in [3.63, 3.8) is 0 Å². The molecule has 96 valence electrons. The summed E-state index contributed by atoms with van der Waals surface area (Å²) >= 11 is 0. The molecule has 0 spiro atoms. The highest BCUT2D eigenvalue weighted by atomic mass is 16.5. The van der Waals surface area contributed by atoms with E-state index < -0.39 is 0 Å². The van der Waals surface area contributed by atoms with E-state index in [2.05, 4.69) is 10.2 Å². The molecule has 1 aliphatic carbocycles. The largest absolute Gasteiger partial charge is 0.377 e. The summed E-state index contributed by atoms with van der Waals surface area (Å²) in [5, 5.41) is 3.32. The van der Waals surface area contributed by atoms with Crippen molar-refractivity contribution < 1.29 is 9.53 Å². The topological polar surface area (TPSA) is 41.6 Å². The van der Waals surface area contributed by atoms with E-state index in [-0.39, 0.29) is 5.92 Å². The smallest absolute Gasteiger partial charge is 0.226 e. The Morgan fingerprint density at radius 1 is 1.18 bits per heavy atom. The summed E-state index contributed by atoms with van der Waals surface area (Å²) in [6, 6.07) is 0.381. The standard InChI is InChI=1S/C13H22N2O2/c16-13(11-3-5-14-6-4-11)15-7-8-17-9-12(15)10-1-2-10/h10-12,14H,1-9H2. The molecule has 1 amide bonds. The van der Waals surface area contributed by atoms with Crippen molar-refractivity contribution >= 4 is 5.91 Å². The average molecular weight is 238 g/mol. The van der Waals surface area contributed by atoms with Crippen LogP contribution in [0.5, 0.6) is 0 Å². The maximum absolute atomic E-state index is 12.5. The molecule has 0 bridgehead atoms. The van der Waals surface area contributed by atoms with Gasteiger partial charge in [0.05, 0.1) is 19.3 Å². The molecule has 1 unspecified atom stereocenters. The zero-order valence-electron chi connectivity index (χ0n) is 10.4. The van der Waals surface area contributed by atoms with Crippen molar-refractivity contribution in [2.45, 2.75) is 31.7 Å². The van der Waals surface area contributed by atoms with Crippen LogP contribution in [0.1, 0.15) is 25.7 Å². The van der Waals surface area contributed by atoms with Gasteiger partial charge in [0.15, 0.2) is 0 Å². The maximum atomic E-state index is 12.5. The van der Waals surface area contributed by atoms with Gasteiger partial charge in [-0.05, 0) is 44.7 Å². The number of rotatable bonds is 2. The second kappa shape index (κ2) is 4.94. The maximum Gasteiger partial charge on any atom is 0.226 e. The summed E-state index contributed by atoms with van der Waals surface area (Å²) in [5.74, 6) is 1.38. The lowest BCUT2D eigenvalue weighted by atomic mass is 9.95. The van der Waals surface area contributed by atoms with Gasteiger partial charge in [-0.25, -0.2) is 0 Å². The molecule has 3 rings (SSSR count). The van der Waals surface area contributed by atoms with Gasteiger partial charge in [0, 0.05) is 12.5 Å². The highest BCUT2D eigenvalue weighted by Crippen LogP contribution is 2.37. The van der Waals surface area contributed by atoms with Crippen LogP contribution in [0.2, 0.25) is 0 Å². The molecule has 0 aromatic carbocycles. The molecular weight excluding hydrogens is 216 g/mol. The van der Waals surface area contributed by atoms with Gasteiger partial charge in [0.25, 0.3) is 0 Å². The van der Waals surface area contributed by atoms with E-state index in [0.29, 0.717) is 11.9 Å². The second-order valence-electron chi connectivity index (χ2n) is 5.54. The van der Waals surface area contributed by atoms with Crippen molar-refractivity contribution in [1.29, 1.82) is 0 Å². The molecule has 0 aromatic rings. The van der Waals surface area contributed by atoms with E-state index in [1.54, 1.807) is 0 Å². The molecule has 1 saturated carbocycles. The van der Waals surface area contributed by atoms with Crippen LogP contribution in [0.25, 0.3) is 0 Å². The van der Waals surface area contributed by atoms with Crippen LogP contribution >= 0.6 is 0 Å². The van der Waals surface area contributed by atoms with Gasteiger partial charge >= 0.3 is 0 Å². The monoisotopic (exact) mass is 238 g/mol. The Bertz CT molecular complexity index is 285. The number of nitrogens with one attached hydrogen (secondary N) is 1. The Balaban J connectivity index is 1.65. The van der Waals surface area contributed by atoms with E-state index in [0.717, 1.165) is 51.6 Å². The second-order valence-corrected chi connectivity index (χ2v) is 5.54. The molecule has 2 aliphatic heterocycles. The van der Waals surface area contributed by atoms with E-state index in [9.17, 15) is 4.79 Å². The highest BCUT2D eigenvalue weighted by molar-refractivity contribution is 5.79. The summed E-state index contributed by atoms with van der Waals surface area (Å²) in [4.78, 5) is 14.7. The first kappa shape index (κ1) is 11.5. The lowest BCUT2D eigenvalue weighted by molar-refractivity contribution is -0.146. The molecule has 0 aromatic heterocycles. The third-order valence-electron chi connectivity index (χ3n) is 4.30. The van der Waals surface area contributed by atoms with Crippen LogP contribution in [-0.4, -0.2) is 49.7 Å². The summed E-state index contributed by atoms with van der Waals surface area (Å²) in [6.45, 7) is 4.29. The number of ether oxygens (including phenoxy) is 1. The third kappa shape index (κ3) is 2.47. The first-order chi connectivity index (χ1) is 8.36. The summed E-state index contributed by atoms with van der Waals surface area (Å²) < 4.78 is 5.54. The Kier molecular flexibility index (Phi) is 3.34. The molecular formula is C13H22N2O2. The molecule has 2 saturated heterocycles. The van der Waals surface area contributed by atoms with Gasteiger partial charge in [-0.15, -0.1) is 0 Å². The van der Waals surface area contributed by atoms with E-state index >= 15 is 0 Å². The van der Waals surface area contributed by atoms with Crippen molar-refractivity contribution in [2.75, 3.05) is 32.8 Å². The summed E-state index contributed by atoms with van der Waals surface area (Å²) in [6.07, 6.45) is 4.58. The molecule has 1 atom stereocenters. The Hall–Kier alpha value is -0.610. The van der Waals surface area contributed by atoms with Gasteiger partial charge in [-0.2, -0.15) is 0 Å². The van der Waals surface area contributed by atoms with Crippen LogP contribution in [0.15, 0.2) is 0 Å². The number of piperidine rings is 1. The Morgan fingerprint density at radius 3 is 2.65 bits per heavy atom. The average Bonchev–Trinajstić information content (AvgIpc) is 3.23. The molecule has 4 nitrogen and oxygen atoms in total. The highest BCUT2D eigenvalue weighted by Gasteiger charge is 2.40. The number of nitrogens with zero attached hydrogens (tertiary/aromatic N) is 1. The molecule has 4 heteroatoms. The zero-order valence-corrected chi connectivity index (χ0v) is 10.4. The van der Waals surface area contributed by atoms with E-state index in [4.69, 9.17) is 4.74 Å². The minimum Gasteiger partial charge on any atom is -0.377 e. The minimum atomic E-state index is 0.260. The minimum absolute atomic E-state index is 0.260. The number of morpholine rings is 1. The molecule has 2 heterocycles. The number of hydrogen-bond donors (Lipinski definition) is 1. The predicted molar refractivity (Wildman–Crippen MR) is 64.6 cm³/mol. The fourth-order valence-electron chi connectivity index (χ4n) is 3.07. The molecule has 3 aliphatic rings. The van der Waals surface area contributed by atoms with Crippen LogP contribution < -0.4 is 5.32 Å². The predicted octanol–water partition coefficient (Wildman–Crippen LogP) is 0.623. The number of amides is 1. The lowest BCUT2D eigenvalue weighted by Crippen LogP contribution is -2.52. The van der Waals surface area contributed by atoms with Gasteiger partial charge in [-0.3, -0.25) is 4.79 Å². The van der Waals surface area contributed by atoms with Crippen LogP contribution in [0.3, 0.4) is 0 Å². The number of carbonyl (C=O) groups is 1. The number of hydrogen-bond acceptors (Lipinski definition) is 3. The van der Waals surface area contributed by atoms with Crippen molar-refractivity contribution in [3.8, 4) is 0 Å². The Morgan fingerprint density at radius 2 is 1.94 bits per heavy atom. The van der Waals surface area contributed by atoms with Gasteiger partial charge in [0.1, 0.15) is 0 Å². The van der Waals surface area contributed by atoms with Gasteiger partial charge in [0.2, 0.25) is 5.91 Å². The zero-order chi connectivity index (χ0) is 11.7. The van der Waals surface area contributed by atoms with Crippen molar-refractivity contribution in [2.24, 2.45) is 11.8 Å². The summed E-state index contributed by atoms with van der Waals surface area (Å²) in [5.41, 5.74) is 0. The molecule has 1 N–H and O–H groups in total. The first-order valence-electron chi connectivity index (χ1n) is 6.95. The van der Waals surface area contributed by atoms with Crippen LogP contribution in [0.4, 0.5) is 0 Å². The SMILES string of the molecule is O=C(C1CCNCC1)N1CCOCC1C1CC1. The first-order valence-corrected chi connectivity index (χ1v) is 6.95. The summed E-state index contributed by atoms with van der Waals surface area (Å²) in [7, 11) is 0. The lowest BCUT2D eigenvalue weighted by Gasteiger charge is -2.38. The van der Waals surface area contributed by atoms with Crippen LogP contribution in [0, 0.1) is 11.8 Å². The Labute approximate surface area is 103 Å². The van der Waals surface area contributed by atoms with Gasteiger partial charge < -0.3 is 15.0 Å². The number of carbonyl (C=O) groups excluding carboxylic acids is 1. The fraction of sp³-hybridized carbons (Fsp3) is 0.923. The van der Waals surface area contributed by atoms with Crippen molar-refractivity contribution in [3.05, 3.63) is 0 Å². The fourth-order valence-corrected chi connectivity index (χ4v) is 3.07.